The number of hydrogen-bond acceptors (Lipinski definition) is 4. The number of carboxylic acids is 1. The van der Waals surface area contributed by atoms with Crippen LogP contribution in [0, 0.1) is 12.8 Å². The van der Waals surface area contributed by atoms with Gasteiger partial charge in [-0.1, -0.05) is 54.1 Å². The lowest BCUT2D eigenvalue weighted by atomic mass is 10.1. The van der Waals surface area contributed by atoms with Gasteiger partial charge in [-0.2, -0.15) is 4.31 Å². The molecule has 28 heavy (non-hydrogen) atoms. The molecule has 0 saturated carbocycles. The molecule has 0 saturated heterocycles. The van der Waals surface area contributed by atoms with Crippen LogP contribution in [0.4, 0.5) is 0 Å². The highest BCUT2D eigenvalue weighted by molar-refractivity contribution is 14.1. The standard InChI is InChI=1S/C19H29IN2O5S/c1-14(2)13-22(28(26,27)16-9-7-15(3)8-10-16)17(19(24)25)6-4-5-11-21-18(23)12-20/h7-10,14,17H,4-6,11-13H2,1-3H3,(H,21,23)(H,24,25)/t17-/m0/s1. The number of carbonyl (C=O) groups excluding carboxylic acids is 1. The van der Waals surface area contributed by atoms with Crippen molar-refractivity contribution in [2.45, 2.75) is 51.0 Å². The molecule has 0 aliphatic rings. The molecule has 0 bridgehead atoms. The molecule has 0 radical (unpaired) electrons. The smallest absolute Gasteiger partial charge is 0.322 e. The first-order valence-corrected chi connectivity index (χ1v) is 12.2. The average Bonchev–Trinajstić information content (AvgIpc) is 2.62. The van der Waals surface area contributed by atoms with Gasteiger partial charge in [-0.15, -0.1) is 0 Å². The summed E-state index contributed by atoms with van der Waals surface area (Å²) in [7, 11) is -3.94. The molecule has 0 heterocycles. The molecule has 0 fully saturated rings. The average molecular weight is 524 g/mol. The Balaban J connectivity index is 2.97. The highest BCUT2D eigenvalue weighted by atomic mass is 127. The summed E-state index contributed by atoms with van der Waals surface area (Å²) in [5, 5.41) is 12.4. The molecule has 1 amide bonds. The Kier molecular flexibility index (Phi) is 10.4. The SMILES string of the molecule is Cc1ccc(S(=O)(=O)N(CC(C)C)[C@@H](CCCCNC(=O)CI)C(=O)O)cc1. The highest BCUT2D eigenvalue weighted by Crippen LogP contribution is 2.23. The van der Waals surface area contributed by atoms with Gasteiger partial charge in [-0.3, -0.25) is 9.59 Å². The van der Waals surface area contributed by atoms with Gasteiger partial charge in [0.15, 0.2) is 0 Å². The van der Waals surface area contributed by atoms with Gasteiger partial charge in [0, 0.05) is 13.1 Å². The van der Waals surface area contributed by atoms with E-state index < -0.39 is 22.0 Å². The fourth-order valence-corrected chi connectivity index (χ4v) is 4.77. The first kappa shape index (κ1) is 24.8. The van der Waals surface area contributed by atoms with Gasteiger partial charge >= 0.3 is 5.97 Å². The number of aryl methyl sites for hydroxylation is 1. The van der Waals surface area contributed by atoms with Crippen molar-refractivity contribution in [3.8, 4) is 0 Å². The molecule has 2 N–H and O–H groups in total. The van der Waals surface area contributed by atoms with Crippen molar-refractivity contribution in [1.29, 1.82) is 0 Å². The zero-order valence-corrected chi connectivity index (χ0v) is 19.5. The molecule has 9 heteroatoms. The third-order valence-electron chi connectivity index (χ3n) is 4.15. The Labute approximate surface area is 181 Å². The van der Waals surface area contributed by atoms with E-state index in [1.807, 2.05) is 43.4 Å². The monoisotopic (exact) mass is 524 g/mol. The predicted octanol–water partition coefficient (Wildman–Crippen LogP) is 2.82. The van der Waals surface area contributed by atoms with E-state index in [1.165, 1.54) is 12.1 Å². The highest BCUT2D eigenvalue weighted by Gasteiger charge is 2.35. The summed E-state index contributed by atoms with van der Waals surface area (Å²) in [5.74, 6) is -1.25. The summed E-state index contributed by atoms with van der Waals surface area (Å²) < 4.78 is 27.8. The first-order valence-electron chi connectivity index (χ1n) is 9.23. The Morgan fingerprint density at radius 3 is 2.29 bits per heavy atom. The summed E-state index contributed by atoms with van der Waals surface area (Å²) in [6.07, 6.45) is 1.27. The van der Waals surface area contributed by atoms with Crippen molar-refractivity contribution in [3.63, 3.8) is 0 Å². The summed E-state index contributed by atoms with van der Waals surface area (Å²) in [6.45, 7) is 6.15. The lowest BCUT2D eigenvalue weighted by Gasteiger charge is -2.29. The van der Waals surface area contributed by atoms with E-state index >= 15 is 0 Å². The number of nitrogens with zero attached hydrogens (tertiary/aromatic N) is 1. The van der Waals surface area contributed by atoms with Gasteiger partial charge in [0.25, 0.3) is 0 Å². The van der Waals surface area contributed by atoms with Crippen LogP contribution in [0.3, 0.4) is 0 Å². The second kappa shape index (κ2) is 11.7. The summed E-state index contributed by atoms with van der Waals surface area (Å²) in [5.41, 5.74) is 0.928. The van der Waals surface area contributed by atoms with E-state index in [1.54, 1.807) is 12.1 Å². The number of carbonyl (C=O) groups is 2. The topological polar surface area (TPSA) is 104 Å². The minimum Gasteiger partial charge on any atom is -0.480 e. The van der Waals surface area contributed by atoms with Gasteiger partial charge in [-0.05, 0) is 44.2 Å². The second-order valence-corrected chi connectivity index (χ2v) is 9.77. The van der Waals surface area contributed by atoms with Gasteiger partial charge in [0.1, 0.15) is 6.04 Å². The summed E-state index contributed by atoms with van der Waals surface area (Å²) in [6, 6.07) is 5.28. The number of carboxylic acid groups (broad SMARTS) is 1. The summed E-state index contributed by atoms with van der Waals surface area (Å²) in [4.78, 5) is 23.3. The van der Waals surface area contributed by atoms with E-state index in [0.29, 0.717) is 23.8 Å². The van der Waals surface area contributed by atoms with E-state index in [9.17, 15) is 23.1 Å². The van der Waals surface area contributed by atoms with Crippen molar-refractivity contribution >= 4 is 44.5 Å². The number of sulfonamides is 1. The molecule has 0 spiro atoms. The zero-order chi connectivity index (χ0) is 21.3. The van der Waals surface area contributed by atoms with Crippen LogP contribution in [0.5, 0.6) is 0 Å². The van der Waals surface area contributed by atoms with Crippen LogP contribution in [0.1, 0.15) is 38.7 Å². The molecule has 0 aromatic heterocycles. The van der Waals surface area contributed by atoms with Crippen LogP contribution in [0.25, 0.3) is 0 Å². The lowest BCUT2D eigenvalue weighted by Crippen LogP contribution is -2.46. The molecule has 1 atom stereocenters. The van der Waals surface area contributed by atoms with Gasteiger partial charge in [-0.25, -0.2) is 8.42 Å². The molecule has 7 nitrogen and oxygen atoms in total. The van der Waals surface area contributed by atoms with Crippen molar-refractivity contribution in [3.05, 3.63) is 29.8 Å². The second-order valence-electron chi connectivity index (χ2n) is 7.12. The summed E-state index contributed by atoms with van der Waals surface area (Å²) >= 11 is 1.97. The minimum absolute atomic E-state index is 0.0231. The maximum Gasteiger partial charge on any atom is 0.322 e. The number of benzene rings is 1. The number of hydrogen-bond donors (Lipinski definition) is 2. The molecular formula is C19H29IN2O5S. The fourth-order valence-electron chi connectivity index (χ4n) is 2.73. The van der Waals surface area contributed by atoms with Crippen molar-refractivity contribution < 1.29 is 23.1 Å². The predicted molar refractivity (Wildman–Crippen MR) is 117 cm³/mol. The quantitative estimate of drug-likeness (QED) is 0.249. The normalized spacial score (nSPS) is 12.9. The fraction of sp³-hybridized carbons (Fsp3) is 0.579. The largest absolute Gasteiger partial charge is 0.480 e. The van der Waals surface area contributed by atoms with Crippen LogP contribution in [0.2, 0.25) is 0 Å². The Morgan fingerprint density at radius 2 is 1.79 bits per heavy atom. The minimum atomic E-state index is -3.94. The van der Waals surface area contributed by atoms with Crippen LogP contribution < -0.4 is 5.32 Å². The molecule has 0 aliphatic carbocycles. The molecule has 0 aliphatic heterocycles. The molecule has 0 unspecified atom stereocenters. The third kappa shape index (κ3) is 7.67. The van der Waals surface area contributed by atoms with E-state index in [4.69, 9.17) is 0 Å². The zero-order valence-electron chi connectivity index (χ0n) is 16.5. The van der Waals surface area contributed by atoms with Crippen LogP contribution in [0.15, 0.2) is 29.2 Å². The third-order valence-corrected chi connectivity index (χ3v) is 6.73. The molecular weight excluding hydrogens is 495 g/mol. The van der Waals surface area contributed by atoms with Crippen molar-refractivity contribution in [2.75, 3.05) is 17.5 Å². The van der Waals surface area contributed by atoms with E-state index in [2.05, 4.69) is 5.32 Å². The van der Waals surface area contributed by atoms with Gasteiger partial charge in [0.05, 0.1) is 9.32 Å². The molecule has 158 valence electrons. The number of nitrogens with one attached hydrogen (secondary N) is 1. The maximum absolute atomic E-state index is 13.1. The van der Waals surface area contributed by atoms with Crippen LogP contribution >= 0.6 is 22.6 Å². The van der Waals surface area contributed by atoms with E-state index in [-0.39, 0.29) is 29.7 Å². The lowest BCUT2D eigenvalue weighted by molar-refractivity contribution is -0.142. The number of unbranched alkanes of at least 4 members (excludes halogenated alkanes) is 1. The first-order chi connectivity index (χ1) is 13.1. The maximum atomic E-state index is 13.1. The Hall–Kier alpha value is -1.20. The Morgan fingerprint density at radius 1 is 1.18 bits per heavy atom. The Bertz CT molecular complexity index is 750. The molecule has 1 rings (SSSR count). The van der Waals surface area contributed by atoms with E-state index in [0.717, 1.165) is 9.87 Å². The number of aliphatic carboxylic acids is 1. The van der Waals surface area contributed by atoms with Gasteiger partial charge in [0.2, 0.25) is 15.9 Å². The van der Waals surface area contributed by atoms with Crippen molar-refractivity contribution in [1.82, 2.24) is 9.62 Å². The van der Waals surface area contributed by atoms with Crippen LogP contribution in [-0.2, 0) is 19.6 Å². The van der Waals surface area contributed by atoms with Crippen molar-refractivity contribution in [2.24, 2.45) is 5.92 Å². The molecule has 1 aromatic carbocycles. The molecule has 1 aromatic rings. The number of alkyl halides is 1. The number of halogens is 1. The number of amides is 1. The van der Waals surface area contributed by atoms with Crippen LogP contribution in [-0.4, -0.2) is 53.3 Å². The van der Waals surface area contributed by atoms with Gasteiger partial charge < -0.3 is 10.4 Å². The number of rotatable bonds is 12.